The van der Waals surface area contributed by atoms with Crippen LogP contribution in [0.25, 0.3) is 10.2 Å². The van der Waals surface area contributed by atoms with Crippen LogP contribution >= 0.6 is 46.1 Å². The number of aromatic nitrogens is 1. The van der Waals surface area contributed by atoms with Crippen molar-refractivity contribution in [3.05, 3.63) is 56.5 Å². The highest BCUT2D eigenvalue weighted by Gasteiger charge is 2.25. The maximum absolute atomic E-state index is 12.8. The van der Waals surface area contributed by atoms with Gasteiger partial charge in [0.05, 0.1) is 20.8 Å². The summed E-state index contributed by atoms with van der Waals surface area (Å²) in [6.45, 7) is 4.64. The molecule has 1 amide bonds. The van der Waals surface area contributed by atoms with Gasteiger partial charge in [0.15, 0.2) is 5.13 Å². The number of halogens is 3. The Hall–Kier alpha value is -1.53. The Morgan fingerprint density at radius 2 is 1.74 bits per heavy atom. The molecule has 2 aromatic carbocycles. The summed E-state index contributed by atoms with van der Waals surface area (Å²) in [6.07, 6.45) is 0. The summed E-state index contributed by atoms with van der Waals surface area (Å²) in [5.74, 6) is -0.0888. The van der Waals surface area contributed by atoms with Crippen LogP contribution < -0.4 is 4.90 Å². The number of thiazole rings is 1. The molecule has 0 saturated carbocycles. The number of hydrogen-bond acceptors (Lipinski definition) is 4. The second kappa shape index (κ2) is 7.47. The molecule has 0 radical (unpaired) electrons. The van der Waals surface area contributed by atoms with Crippen molar-refractivity contribution in [2.75, 3.05) is 31.1 Å². The minimum absolute atomic E-state index is 0.0888. The van der Waals surface area contributed by atoms with Crippen LogP contribution in [0.2, 0.25) is 15.1 Å². The fourth-order valence-corrected chi connectivity index (χ4v) is 4.76. The number of anilines is 1. The molecule has 1 fully saturated rings. The molecule has 4 rings (SSSR count). The molecule has 1 aliphatic heterocycles. The Balaban J connectivity index is 1.50. The number of fused-ring (bicyclic) bond motifs is 1. The Bertz CT molecular complexity index is 1030. The van der Waals surface area contributed by atoms with Crippen molar-refractivity contribution in [2.24, 2.45) is 0 Å². The van der Waals surface area contributed by atoms with Gasteiger partial charge in [0.2, 0.25) is 0 Å². The largest absolute Gasteiger partial charge is 0.345 e. The third kappa shape index (κ3) is 3.61. The lowest BCUT2D eigenvalue weighted by atomic mass is 10.2. The Morgan fingerprint density at radius 1 is 1.04 bits per heavy atom. The van der Waals surface area contributed by atoms with E-state index in [9.17, 15) is 4.79 Å². The van der Waals surface area contributed by atoms with Crippen LogP contribution in [0.15, 0.2) is 30.3 Å². The molecule has 27 heavy (non-hydrogen) atoms. The van der Waals surface area contributed by atoms with Crippen molar-refractivity contribution in [1.29, 1.82) is 0 Å². The van der Waals surface area contributed by atoms with Gasteiger partial charge in [0.25, 0.3) is 5.91 Å². The summed E-state index contributed by atoms with van der Waals surface area (Å²) in [6, 6.07) is 8.87. The second-order valence-corrected chi connectivity index (χ2v) is 8.68. The van der Waals surface area contributed by atoms with Crippen molar-refractivity contribution in [2.45, 2.75) is 6.92 Å². The molecule has 0 unspecified atom stereocenters. The maximum Gasteiger partial charge on any atom is 0.255 e. The van der Waals surface area contributed by atoms with Gasteiger partial charge in [-0.25, -0.2) is 4.98 Å². The van der Waals surface area contributed by atoms with Crippen LogP contribution in [-0.4, -0.2) is 42.0 Å². The number of nitrogens with zero attached hydrogens (tertiary/aromatic N) is 3. The fourth-order valence-electron chi connectivity index (χ4n) is 3.16. The zero-order chi connectivity index (χ0) is 19.1. The standard InChI is InChI=1S/C19H16Cl3N3OS/c1-11-14(21)4-5-16-17(11)23-19(27-16)25-8-6-24(7-9-25)18(26)13-10-12(20)2-3-15(13)22/h2-5,10H,6-9H2,1H3. The molecule has 1 aromatic heterocycles. The molecule has 1 saturated heterocycles. The van der Waals surface area contributed by atoms with Gasteiger partial charge < -0.3 is 9.80 Å². The minimum atomic E-state index is -0.0888. The number of carbonyl (C=O) groups excluding carboxylic acids is 1. The molecule has 2 heterocycles. The summed E-state index contributed by atoms with van der Waals surface area (Å²) in [7, 11) is 0. The zero-order valence-electron chi connectivity index (χ0n) is 14.5. The minimum Gasteiger partial charge on any atom is -0.345 e. The molecule has 8 heteroatoms. The first kappa shape index (κ1) is 18.8. The highest BCUT2D eigenvalue weighted by Crippen LogP contribution is 2.34. The van der Waals surface area contributed by atoms with Crippen LogP contribution in [0.4, 0.5) is 5.13 Å². The van der Waals surface area contributed by atoms with Gasteiger partial charge in [-0.3, -0.25) is 4.79 Å². The van der Waals surface area contributed by atoms with Gasteiger partial charge in [-0.1, -0.05) is 46.1 Å². The average molecular weight is 441 g/mol. The number of rotatable bonds is 2. The predicted molar refractivity (Wildman–Crippen MR) is 114 cm³/mol. The van der Waals surface area contributed by atoms with Crippen molar-refractivity contribution in [1.82, 2.24) is 9.88 Å². The molecular weight excluding hydrogens is 425 g/mol. The quantitative estimate of drug-likeness (QED) is 0.526. The molecule has 0 aliphatic carbocycles. The van der Waals surface area contributed by atoms with E-state index in [1.807, 2.05) is 24.0 Å². The van der Waals surface area contributed by atoms with Crippen LogP contribution in [0.5, 0.6) is 0 Å². The Labute approximate surface area is 176 Å². The normalized spacial score (nSPS) is 14.8. The molecule has 4 nitrogen and oxygen atoms in total. The fraction of sp³-hybridized carbons (Fsp3) is 0.263. The van der Waals surface area contributed by atoms with E-state index in [0.717, 1.165) is 39.0 Å². The zero-order valence-corrected chi connectivity index (χ0v) is 17.6. The van der Waals surface area contributed by atoms with E-state index in [2.05, 4.69) is 4.90 Å². The third-order valence-corrected chi connectivity index (χ3v) is 6.79. The van der Waals surface area contributed by atoms with Crippen molar-refractivity contribution in [3.8, 4) is 0 Å². The summed E-state index contributed by atoms with van der Waals surface area (Å²) in [5, 5.41) is 2.62. The first-order valence-electron chi connectivity index (χ1n) is 8.49. The summed E-state index contributed by atoms with van der Waals surface area (Å²) in [4.78, 5) is 21.6. The van der Waals surface area contributed by atoms with E-state index < -0.39 is 0 Å². The number of aryl methyl sites for hydroxylation is 1. The number of piperazine rings is 1. The lowest BCUT2D eigenvalue weighted by molar-refractivity contribution is 0.0747. The van der Waals surface area contributed by atoms with Crippen molar-refractivity contribution < 1.29 is 4.79 Å². The van der Waals surface area contributed by atoms with Crippen LogP contribution in [0, 0.1) is 6.92 Å². The van der Waals surface area contributed by atoms with Gasteiger partial charge in [0.1, 0.15) is 0 Å². The summed E-state index contributed by atoms with van der Waals surface area (Å²) < 4.78 is 1.12. The molecular formula is C19H16Cl3N3OS. The number of hydrogen-bond donors (Lipinski definition) is 0. The summed E-state index contributed by atoms with van der Waals surface area (Å²) in [5.41, 5.74) is 2.40. The second-order valence-electron chi connectivity index (χ2n) is 6.42. The van der Waals surface area contributed by atoms with E-state index in [4.69, 9.17) is 39.8 Å². The molecule has 0 N–H and O–H groups in total. The van der Waals surface area contributed by atoms with E-state index >= 15 is 0 Å². The Morgan fingerprint density at radius 3 is 2.48 bits per heavy atom. The lowest BCUT2D eigenvalue weighted by Gasteiger charge is -2.34. The molecule has 0 bridgehead atoms. The highest BCUT2D eigenvalue weighted by molar-refractivity contribution is 7.22. The van der Waals surface area contributed by atoms with Gasteiger partial charge in [-0.2, -0.15) is 0 Å². The monoisotopic (exact) mass is 439 g/mol. The summed E-state index contributed by atoms with van der Waals surface area (Å²) >= 11 is 20.0. The predicted octanol–water partition coefficient (Wildman–Crippen LogP) is 5.53. The van der Waals surface area contributed by atoms with E-state index in [0.29, 0.717) is 28.7 Å². The Kier molecular flexibility index (Phi) is 5.21. The third-order valence-electron chi connectivity index (χ3n) is 4.73. The van der Waals surface area contributed by atoms with E-state index in [-0.39, 0.29) is 5.91 Å². The van der Waals surface area contributed by atoms with Crippen LogP contribution in [-0.2, 0) is 0 Å². The van der Waals surface area contributed by atoms with Gasteiger partial charge in [-0.05, 0) is 42.8 Å². The first-order valence-corrected chi connectivity index (χ1v) is 10.4. The smallest absolute Gasteiger partial charge is 0.255 e. The van der Waals surface area contributed by atoms with Crippen molar-refractivity contribution in [3.63, 3.8) is 0 Å². The first-order chi connectivity index (χ1) is 12.9. The number of amides is 1. The van der Waals surface area contributed by atoms with E-state index in [1.165, 1.54) is 0 Å². The number of benzene rings is 2. The molecule has 1 aliphatic rings. The SMILES string of the molecule is Cc1c(Cl)ccc2sc(N3CCN(C(=O)c4cc(Cl)ccc4Cl)CC3)nc12. The molecule has 0 spiro atoms. The molecule has 3 aromatic rings. The van der Waals surface area contributed by atoms with Gasteiger partial charge in [-0.15, -0.1) is 0 Å². The molecule has 140 valence electrons. The highest BCUT2D eigenvalue weighted by atomic mass is 35.5. The lowest BCUT2D eigenvalue weighted by Crippen LogP contribution is -2.48. The van der Waals surface area contributed by atoms with Gasteiger partial charge in [0, 0.05) is 36.2 Å². The van der Waals surface area contributed by atoms with E-state index in [1.54, 1.807) is 29.5 Å². The van der Waals surface area contributed by atoms with Crippen LogP contribution in [0.3, 0.4) is 0 Å². The van der Waals surface area contributed by atoms with Crippen LogP contribution in [0.1, 0.15) is 15.9 Å². The van der Waals surface area contributed by atoms with Crippen molar-refractivity contribution >= 4 is 67.4 Å². The average Bonchev–Trinajstić information content (AvgIpc) is 3.11. The maximum atomic E-state index is 12.8. The molecule has 0 atom stereocenters. The topological polar surface area (TPSA) is 36.4 Å². The number of carbonyl (C=O) groups is 1. The van der Waals surface area contributed by atoms with Gasteiger partial charge >= 0.3 is 0 Å².